The number of urea groups is 1. The van der Waals surface area contributed by atoms with Gasteiger partial charge >= 0.3 is 18.0 Å². The van der Waals surface area contributed by atoms with Crippen LogP contribution in [0.15, 0.2) is 24.3 Å². The van der Waals surface area contributed by atoms with Crippen LogP contribution in [0, 0.1) is 0 Å². The Morgan fingerprint density at radius 3 is 2.43 bits per heavy atom. The van der Waals surface area contributed by atoms with Crippen molar-refractivity contribution in [1.29, 1.82) is 0 Å². The summed E-state index contributed by atoms with van der Waals surface area (Å²) >= 11 is 5.97. The van der Waals surface area contributed by atoms with E-state index in [0.717, 1.165) is 0 Å². The number of halogens is 1. The van der Waals surface area contributed by atoms with Crippen molar-refractivity contribution in [2.75, 3.05) is 7.05 Å². The third kappa shape index (κ3) is 5.31. The van der Waals surface area contributed by atoms with Crippen LogP contribution in [0.3, 0.4) is 0 Å². The molecule has 0 unspecified atom stereocenters. The van der Waals surface area contributed by atoms with Gasteiger partial charge in [-0.3, -0.25) is 4.79 Å². The van der Waals surface area contributed by atoms with Crippen molar-refractivity contribution < 1.29 is 24.6 Å². The number of carbonyl (C=O) groups excluding carboxylic acids is 1. The van der Waals surface area contributed by atoms with E-state index in [4.69, 9.17) is 21.8 Å². The van der Waals surface area contributed by atoms with Gasteiger partial charge in [0.05, 0.1) is 6.42 Å². The lowest BCUT2D eigenvalue weighted by molar-refractivity contribution is -0.145. The molecular formula is C13H15ClN2O5. The van der Waals surface area contributed by atoms with Crippen LogP contribution in [-0.4, -0.2) is 46.2 Å². The Balaban J connectivity index is 2.67. The summed E-state index contributed by atoms with van der Waals surface area (Å²) in [4.78, 5) is 34.5. The van der Waals surface area contributed by atoms with Gasteiger partial charge in [0.25, 0.3) is 0 Å². The van der Waals surface area contributed by atoms with E-state index in [1.165, 1.54) is 11.9 Å². The van der Waals surface area contributed by atoms with Crippen molar-refractivity contribution in [2.45, 2.75) is 19.0 Å². The number of carboxylic acids is 2. The van der Waals surface area contributed by atoms with Crippen LogP contribution >= 0.6 is 11.6 Å². The van der Waals surface area contributed by atoms with Gasteiger partial charge in [0.2, 0.25) is 0 Å². The fraction of sp³-hybridized carbons (Fsp3) is 0.308. The molecule has 2 amide bonds. The molecule has 0 spiro atoms. The van der Waals surface area contributed by atoms with Crippen molar-refractivity contribution >= 4 is 29.6 Å². The highest BCUT2D eigenvalue weighted by molar-refractivity contribution is 6.31. The summed E-state index contributed by atoms with van der Waals surface area (Å²) in [7, 11) is 1.46. The Bertz CT molecular complexity index is 549. The SMILES string of the molecule is CN(Cc1ccccc1Cl)C(=O)N[C@@H](CC(=O)O)C(=O)O. The van der Waals surface area contributed by atoms with Crippen LogP contribution in [0.2, 0.25) is 5.02 Å². The zero-order valence-corrected chi connectivity index (χ0v) is 12.0. The average molecular weight is 315 g/mol. The highest BCUT2D eigenvalue weighted by atomic mass is 35.5. The summed E-state index contributed by atoms with van der Waals surface area (Å²) in [6, 6.07) is 4.74. The van der Waals surface area contributed by atoms with Crippen molar-refractivity contribution in [2.24, 2.45) is 0 Å². The summed E-state index contributed by atoms with van der Waals surface area (Å²) in [5.41, 5.74) is 0.696. The fourth-order valence-corrected chi connectivity index (χ4v) is 1.78. The average Bonchev–Trinajstić information content (AvgIpc) is 2.39. The highest BCUT2D eigenvalue weighted by Crippen LogP contribution is 2.16. The molecule has 0 aliphatic heterocycles. The minimum absolute atomic E-state index is 0.172. The molecular weight excluding hydrogens is 300 g/mol. The molecule has 21 heavy (non-hydrogen) atoms. The van der Waals surface area contributed by atoms with Gasteiger partial charge in [0.15, 0.2) is 0 Å². The largest absolute Gasteiger partial charge is 0.481 e. The minimum Gasteiger partial charge on any atom is -0.481 e. The molecule has 1 aromatic carbocycles. The van der Waals surface area contributed by atoms with Gasteiger partial charge in [-0.2, -0.15) is 0 Å². The fourth-order valence-electron chi connectivity index (χ4n) is 1.59. The van der Waals surface area contributed by atoms with E-state index in [2.05, 4.69) is 5.32 Å². The van der Waals surface area contributed by atoms with Crippen molar-refractivity contribution in [3.63, 3.8) is 0 Å². The first-order chi connectivity index (χ1) is 9.81. The molecule has 0 heterocycles. The number of aliphatic carboxylic acids is 2. The second-order valence-electron chi connectivity index (χ2n) is 4.39. The van der Waals surface area contributed by atoms with Crippen LogP contribution in [-0.2, 0) is 16.1 Å². The first-order valence-electron chi connectivity index (χ1n) is 6.01. The number of hydrogen-bond donors (Lipinski definition) is 3. The Morgan fingerprint density at radius 2 is 1.90 bits per heavy atom. The van der Waals surface area contributed by atoms with E-state index in [-0.39, 0.29) is 6.54 Å². The second kappa shape index (κ2) is 7.49. The Kier molecular flexibility index (Phi) is 5.98. The van der Waals surface area contributed by atoms with E-state index in [9.17, 15) is 14.4 Å². The molecule has 7 nitrogen and oxygen atoms in total. The lowest BCUT2D eigenvalue weighted by Crippen LogP contribution is -2.47. The summed E-state index contributed by atoms with van der Waals surface area (Å²) in [5.74, 6) is -2.71. The van der Waals surface area contributed by atoms with Crippen LogP contribution in [0.5, 0.6) is 0 Å². The predicted molar refractivity (Wildman–Crippen MR) is 75.1 cm³/mol. The number of hydrogen-bond acceptors (Lipinski definition) is 3. The van der Waals surface area contributed by atoms with Crippen molar-refractivity contribution in [3.05, 3.63) is 34.9 Å². The monoisotopic (exact) mass is 314 g/mol. The maximum absolute atomic E-state index is 11.9. The molecule has 3 N–H and O–H groups in total. The van der Waals surface area contributed by atoms with E-state index in [1.54, 1.807) is 24.3 Å². The summed E-state index contributed by atoms with van der Waals surface area (Å²) in [6.07, 6.45) is -0.693. The molecule has 0 bridgehead atoms. The Morgan fingerprint density at radius 1 is 1.29 bits per heavy atom. The molecule has 0 fully saturated rings. The quantitative estimate of drug-likeness (QED) is 0.736. The molecule has 0 saturated heterocycles. The van der Waals surface area contributed by atoms with Gasteiger partial charge in [-0.25, -0.2) is 9.59 Å². The summed E-state index contributed by atoms with van der Waals surface area (Å²) in [6.45, 7) is 0.172. The third-order valence-electron chi connectivity index (χ3n) is 2.69. The second-order valence-corrected chi connectivity index (χ2v) is 4.79. The first-order valence-corrected chi connectivity index (χ1v) is 6.38. The molecule has 0 radical (unpaired) electrons. The molecule has 8 heteroatoms. The zero-order valence-electron chi connectivity index (χ0n) is 11.2. The number of benzene rings is 1. The van der Waals surface area contributed by atoms with Crippen molar-refractivity contribution in [3.8, 4) is 0 Å². The highest BCUT2D eigenvalue weighted by Gasteiger charge is 2.24. The van der Waals surface area contributed by atoms with Gasteiger partial charge in [0, 0.05) is 18.6 Å². The molecule has 1 atom stereocenters. The third-order valence-corrected chi connectivity index (χ3v) is 3.06. The van der Waals surface area contributed by atoms with E-state index < -0.39 is 30.4 Å². The number of amides is 2. The molecule has 0 aliphatic rings. The van der Waals surface area contributed by atoms with Crippen molar-refractivity contribution in [1.82, 2.24) is 10.2 Å². The van der Waals surface area contributed by atoms with Gasteiger partial charge in [-0.1, -0.05) is 29.8 Å². The number of carbonyl (C=O) groups is 3. The first kappa shape index (κ1) is 16.8. The maximum Gasteiger partial charge on any atom is 0.326 e. The van der Waals surface area contributed by atoms with Gasteiger partial charge in [-0.15, -0.1) is 0 Å². The maximum atomic E-state index is 11.9. The number of nitrogens with zero attached hydrogens (tertiary/aromatic N) is 1. The Labute approximate surface area is 126 Å². The van der Waals surface area contributed by atoms with Crippen LogP contribution in [0.1, 0.15) is 12.0 Å². The smallest absolute Gasteiger partial charge is 0.326 e. The van der Waals surface area contributed by atoms with E-state index in [1.807, 2.05) is 0 Å². The standard InChI is InChI=1S/C13H15ClN2O5/c1-16(7-8-4-2-3-5-9(8)14)13(21)15-10(12(19)20)6-11(17)18/h2-5,10H,6-7H2,1H3,(H,15,21)(H,17,18)(H,19,20)/t10-/m0/s1. The normalized spacial score (nSPS) is 11.5. The van der Waals surface area contributed by atoms with Crippen LogP contribution < -0.4 is 5.32 Å². The lowest BCUT2D eigenvalue weighted by Gasteiger charge is -2.21. The van der Waals surface area contributed by atoms with Gasteiger partial charge in [0.1, 0.15) is 6.04 Å². The molecule has 1 aromatic rings. The molecule has 0 aliphatic carbocycles. The number of rotatable bonds is 6. The lowest BCUT2D eigenvalue weighted by atomic mass is 10.2. The number of carboxylic acid groups (broad SMARTS) is 2. The molecule has 114 valence electrons. The van der Waals surface area contributed by atoms with Gasteiger partial charge < -0.3 is 20.4 Å². The Hall–Kier alpha value is -2.28. The molecule has 0 saturated carbocycles. The molecule has 1 rings (SSSR count). The minimum atomic E-state index is -1.48. The van der Waals surface area contributed by atoms with Gasteiger partial charge in [-0.05, 0) is 11.6 Å². The predicted octanol–water partition coefficient (Wildman–Crippen LogP) is 1.41. The van der Waals surface area contributed by atoms with Crippen LogP contribution in [0.4, 0.5) is 4.79 Å². The van der Waals surface area contributed by atoms with Crippen LogP contribution in [0.25, 0.3) is 0 Å². The number of nitrogens with one attached hydrogen (secondary N) is 1. The summed E-state index contributed by atoms with van der Waals surface area (Å²) in [5, 5.41) is 20.1. The van der Waals surface area contributed by atoms with E-state index in [0.29, 0.717) is 10.6 Å². The van der Waals surface area contributed by atoms with E-state index >= 15 is 0 Å². The topological polar surface area (TPSA) is 107 Å². The zero-order chi connectivity index (χ0) is 16.0. The molecule has 0 aromatic heterocycles. The summed E-state index contributed by atoms with van der Waals surface area (Å²) < 4.78 is 0.